The van der Waals surface area contributed by atoms with Gasteiger partial charge in [-0.1, -0.05) is 12.8 Å². The molecule has 0 saturated heterocycles. The van der Waals surface area contributed by atoms with Crippen LogP contribution in [0.3, 0.4) is 0 Å². The number of nitrogens with one attached hydrogen (secondary N) is 1. The molecule has 0 unspecified atom stereocenters. The van der Waals surface area contributed by atoms with Crippen molar-refractivity contribution < 1.29 is 9.53 Å². The Hall–Kier alpha value is -1.69. The van der Waals surface area contributed by atoms with E-state index in [0.717, 1.165) is 31.6 Å². The van der Waals surface area contributed by atoms with Crippen molar-refractivity contribution in [3.05, 3.63) is 28.2 Å². The predicted molar refractivity (Wildman–Crippen MR) is 86.1 cm³/mol. The molecule has 3 rings (SSSR count). The Morgan fingerprint density at radius 2 is 2.17 bits per heavy atom. The maximum atomic E-state index is 12.3. The fourth-order valence-corrected chi connectivity index (χ4v) is 4.13. The van der Waals surface area contributed by atoms with Gasteiger partial charge in [-0.25, -0.2) is 4.68 Å². The third kappa shape index (κ3) is 3.04. The molecule has 2 atom stereocenters. The van der Waals surface area contributed by atoms with Crippen LogP contribution < -0.4 is 10.9 Å². The highest BCUT2D eigenvalue weighted by Gasteiger charge is 2.57. The Morgan fingerprint density at radius 3 is 2.87 bits per heavy atom. The van der Waals surface area contributed by atoms with Gasteiger partial charge in [-0.05, 0) is 39.2 Å². The largest absolute Gasteiger partial charge is 0.378 e. The molecule has 1 heterocycles. The first-order valence-electron chi connectivity index (χ1n) is 8.51. The first-order chi connectivity index (χ1) is 11.0. The van der Waals surface area contributed by atoms with Crippen molar-refractivity contribution in [2.24, 2.45) is 5.41 Å². The first kappa shape index (κ1) is 16.2. The predicted octanol–water partition coefficient (Wildman–Crippen LogP) is 1.41. The van der Waals surface area contributed by atoms with Crippen molar-refractivity contribution in [3.63, 3.8) is 0 Å². The van der Waals surface area contributed by atoms with Gasteiger partial charge in [0.2, 0.25) is 5.91 Å². The molecule has 0 bridgehead atoms. The number of rotatable bonds is 5. The maximum Gasteiger partial charge on any atom is 0.267 e. The molecule has 2 aliphatic rings. The lowest BCUT2D eigenvalue weighted by molar-refractivity contribution is -0.144. The van der Waals surface area contributed by atoms with E-state index in [2.05, 4.69) is 10.4 Å². The van der Waals surface area contributed by atoms with E-state index < -0.39 is 0 Å². The minimum atomic E-state index is -0.248. The van der Waals surface area contributed by atoms with Crippen LogP contribution in [0.2, 0.25) is 0 Å². The number of aryl methyl sites for hydroxylation is 1. The number of ether oxygens (including phenoxy) is 1. The van der Waals surface area contributed by atoms with Crippen molar-refractivity contribution >= 4 is 5.91 Å². The molecule has 1 aromatic heterocycles. The summed E-state index contributed by atoms with van der Waals surface area (Å²) in [5.74, 6) is -0.142. The summed E-state index contributed by atoms with van der Waals surface area (Å²) in [6, 6.07) is 3.26. The van der Waals surface area contributed by atoms with E-state index in [1.807, 2.05) is 6.92 Å². The standard InChI is InChI=1S/C17H25N3O3/c1-3-23-14-10-13(17(14)8-4-5-9-17)18-15(21)11-20-16(22)7-6-12(2)19-20/h6-7,13-14H,3-5,8-11H2,1-2H3,(H,18,21)/t13-,14-/m1/s1. The molecule has 6 nitrogen and oxygen atoms in total. The number of amides is 1. The van der Waals surface area contributed by atoms with Crippen LogP contribution in [0, 0.1) is 12.3 Å². The SMILES string of the molecule is CCO[C@@H]1C[C@@H](NC(=O)Cn2nc(C)ccc2=O)C12CCCC2. The van der Waals surface area contributed by atoms with Gasteiger partial charge in [0.05, 0.1) is 11.8 Å². The molecular weight excluding hydrogens is 294 g/mol. The Balaban J connectivity index is 1.64. The minimum absolute atomic E-state index is 0.0214. The van der Waals surface area contributed by atoms with Gasteiger partial charge in [0.15, 0.2) is 0 Å². The molecule has 0 aliphatic heterocycles. The van der Waals surface area contributed by atoms with E-state index in [4.69, 9.17) is 4.74 Å². The molecule has 23 heavy (non-hydrogen) atoms. The third-order valence-electron chi connectivity index (χ3n) is 5.32. The topological polar surface area (TPSA) is 73.2 Å². The monoisotopic (exact) mass is 319 g/mol. The zero-order chi connectivity index (χ0) is 16.4. The number of hydrogen-bond acceptors (Lipinski definition) is 4. The van der Waals surface area contributed by atoms with Gasteiger partial charge < -0.3 is 10.1 Å². The number of aromatic nitrogens is 2. The van der Waals surface area contributed by atoms with Crippen molar-refractivity contribution in [2.45, 2.75) is 64.6 Å². The summed E-state index contributed by atoms with van der Waals surface area (Å²) in [5.41, 5.74) is 0.586. The van der Waals surface area contributed by atoms with Crippen LogP contribution in [-0.4, -0.2) is 34.4 Å². The Bertz CT molecular complexity index is 634. The maximum absolute atomic E-state index is 12.3. The first-order valence-corrected chi connectivity index (χ1v) is 8.51. The number of nitrogens with zero attached hydrogens (tertiary/aromatic N) is 2. The number of carbonyl (C=O) groups is 1. The van der Waals surface area contributed by atoms with E-state index in [1.165, 1.54) is 23.6 Å². The molecule has 2 saturated carbocycles. The molecule has 1 N–H and O–H groups in total. The second-order valence-corrected chi connectivity index (χ2v) is 6.71. The Labute approximate surface area is 136 Å². The zero-order valence-electron chi connectivity index (χ0n) is 13.9. The van der Waals surface area contributed by atoms with Crippen molar-refractivity contribution in [1.82, 2.24) is 15.1 Å². The Morgan fingerprint density at radius 1 is 1.43 bits per heavy atom. The van der Waals surface area contributed by atoms with Gasteiger partial charge in [0.1, 0.15) is 6.54 Å². The van der Waals surface area contributed by atoms with E-state index in [0.29, 0.717) is 0 Å². The molecule has 1 amide bonds. The number of carbonyl (C=O) groups excluding carboxylic acids is 1. The molecule has 1 spiro atoms. The highest BCUT2D eigenvalue weighted by Crippen LogP contribution is 2.54. The molecule has 0 radical (unpaired) electrons. The summed E-state index contributed by atoms with van der Waals surface area (Å²) < 4.78 is 7.09. The molecule has 126 valence electrons. The normalized spacial score (nSPS) is 25.3. The molecule has 2 aliphatic carbocycles. The summed E-state index contributed by atoms with van der Waals surface area (Å²) in [4.78, 5) is 24.1. The summed E-state index contributed by atoms with van der Waals surface area (Å²) in [6.07, 6.45) is 5.77. The van der Waals surface area contributed by atoms with Crippen LogP contribution in [-0.2, 0) is 16.1 Å². The molecule has 6 heteroatoms. The minimum Gasteiger partial charge on any atom is -0.378 e. The van der Waals surface area contributed by atoms with Gasteiger partial charge in [-0.2, -0.15) is 5.10 Å². The quantitative estimate of drug-likeness (QED) is 0.890. The lowest BCUT2D eigenvalue weighted by atomic mass is 9.60. The van der Waals surface area contributed by atoms with E-state index in [9.17, 15) is 9.59 Å². The third-order valence-corrected chi connectivity index (χ3v) is 5.32. The second-order valence-electron chi connectivity index (χ2n) is 6.71. The van der Waals surface area contributed by atoms with Gasteiger partial charge in [-0.15, -0.1) is 0 Å². The smallest absolute Gasteiger partial charge is 0.267 e. The summed E-state index contributed by atoms with van der Waals surface area (Å²) in [7, 11) is 0. The Kier molecular flexibility index (Phi) is 4.53. The average molecular weight is 319 g/mol. The van der Waals surface area contributed by atoms with Crippen LogP contribution in [0.15, 0.2) is 16.9 Å². The number of hydrogen-bond donors (Lipinski definition) is 1. The van der Waals surface area contributed by atoms with Crippen LogP contribution in [0.4, 0.5) is 0 Å². The van der Waals surface area contributed by atoms with E-state index >= 15 is 0 Å². The van der Waals surface area contributed by atoms with Gasteiger partial charge in [-0.3, -0.25) is 9.59 Å². The average Bonchev–Trinajstić information content (AvgIpc) is 3.03. The van der Waals surface area contributed by atoms with Crippen LogP contribution >= 0.6 is 0 Å². The summed E-state index contributed by atoms with van der Waals surface area (Å²) >= 11 is 0. The van der Waals surface area contributed by atoms with Gasteiger partial charge in [0.25, 0.3) is 5.56 Å². The van der Waals surface area contributed by atoms with Gasteiger partial charge >= 0.3 is 0 Å². The summed E-state index contributed by atoms with van der Waals surface area (Å²) in [6.45, 7) is 4.52. The van der Waals surface area contributed by atoms with Crippen molar-refractivity contribution in [3.8, 4) is 0 Å². The fraction of sp³-hybridized carbons (Fsp3) is 0.706. The molecular formula is C17H25N3O3. The fourth-order valence-electron chi connectivity index (χ4n) is 4.13. The van der Waals surface area contributed by atoms with Gasteiger partial charge in [0, 0.05) is 24.1 Å². The zero-order valence-corrected chi connectivity index (χ0v) is 13.9. The van der Waals surface area contributed by atoms with Crippen molar-refractivity contribution in [2.75, 3.05) is 6.61 Å². The van der Waals surface area contributed by atoms with Crippen LogP contribution in [0.1, 0.15) is 44.7 Å². The van der Waals surface area contributed by atoms with Crippen LogP contribution in [0.5, 0.6) is 0 Å². The highest BCUT2D eigenvalue weighted by atomic mass is 16.5. The second kappa shape index (κ2) is 6.43. The lowest BCUT2D eigenvalue weighted by Gasteiger charge is -2.54. The molecule has 0 aromatic carbocycles. The highest BCUT2D eigenvalue weighted by molar-refractivity contribution is 5.76. The molecule has 1 aromatic rings. The van der Waals surface area contributed by atoms with Crippen molar-refractivity contribution in [1.29, 1.82) is 0 Å². The van der Waals surface area contributed by atoms with E-state index in [1.54, 1.807) is 13.0 Å². The lowest BCUT2D eigenvalue weighted by Crippen LogP contribution is -2.64. The molecule has 2 fully saturated rings. The van der Waals surface area contributed by atoms with Crippen LogP contribution in [0.25, 0.3) is 0 Å². The summed E-state index contributed by atoms with van der Waals surface area (Å²) in [5, 5.41) is 7.23. The van der Waals surface area contributed by atoms with E-state index in [-0.39, 0.29) is 35.6 Å².